The maximum atomic E-state index is 8.59. The first-order chi connectivity index (χ1) is 10.2. The molecule has 0 saturated carbocycles. The molecular formula is C20H32HfO4. The Balaban J connectivity index is -0.0000000702. The Morgan fingerprint density at radius 3 is 0.480 bits per heavy atom. The van der Waals surface area contributed by atoms with E-state index in [1.54, 1.807) is 55.4 Å². The van der Waals surface area contributed by atoms with Crippen LogP contribution in [0.2, 0.25) is 0 Å². The fraction of sp³-hybridized carbons (Fsp3) is 0.600. The summed E-state index contributed by atoms with van der Waals surface area (Å²) in [6.45, 7) is 12.5. The van der Waals surface area contributed by atoms with Gasteiger partial charge in [0.25, 0.3) is 0 Å². The average molecular weight is 515 g/mol. The molecule has 4 N–H and O–H groups in total. The minimum Gasteiger partial charge on any atom is -0.378 e. The molecule has 0 rings (SSSR count). The molecule has 25 heavy (non-hydrogen) atoms. The van der Waals surface area contributed by atoms with Crippen LogP contribution in [0.5, 0.6) is 0 Å². The summed E-state index contributed by atoms with van der Waals surface area (Å²) in [7, 11) is 0. The summed E-state index contributed by atoms with van der Waals surface area (Å²) in [5.41, 5.74) is -3.72. The van der Waals surface area contributed by atoms with E-state index in [9.17, 15) is 0 Å². The van der Waals surface area contributed by atoms with Gasteiger partial charge in [-0.2, -0.15) is 0 Å². The third-order valence-electron chi connectivity index (χ3n) is 1.41. The summed E-state index contributed by atoms with van der Waals surface area (Å²) in [4.78, 5) is 0. The van der Waals surface area contributed by atoms with E-state index in [0.29, 0.717) is 0 Å². The molecule has 0 unspecified atom stereocenters. The van der Waals surface area contributed by atoms with E-state index in [-0.39, 0.29) is 25.8 Å². The molecule has 0 aromatic heterocycles. The van der Waals surface area contributed by atoms with Gasteiger partial charge in [0, 0.05) is 25.8 Å². The molecule has 0 aliphatic carbocycles. The van der Waals surface area contributed by atoms with E-state index in [1.807, 2.05) is 0 Å². The molecular weight excluding hydrogens is 483 g/mol. The van der Waals surface area contributed by atoms with E-state index in [2.05, 4.69) is 23.7 Å². The van der Waals surface area contributed by atoms with Gasteiger partial charge in [-0.05, 0) is 55.4 Å². The molecule has 4 nitrogen and oxygen atoms in total. The molecule has 0 radical (unpaired) electrons. The van der Waals surface area contributed by atoms with Crippen LogP contribution in [0.15, 0.2) is 0 Å². The standard InChI is InChI=1S/4C5H8O.Hf/c4*1-4-5(2,3)6;/h4*1,6H,2-3H3;. The van der Waals surface area contributed by atoms with Crippen LogP contribution in [0, 0.1) is 49.4 Å². The van der Waals surface area contributed by atoms with Crippen molar-refractivity contribution in [3.63, 3.8) is 0 Å². The zero-order valence-electron chi connectivity index (χ0n) is 16.6. The number of hydrogen-bond donors (Lipinski definition) is 4. The first-order valence-corrected chi connectivity index (χ1v) is 7.05. The zero-order valence-corrected chi connectivity index (χ0v) is 20.2. The molecule has 0 saturated heterocycles. The maximum absolute atomic E-state index is 8.59. The van der Waals surface area contributed by atoms with Crippen molar-refractivity contribution in [2.45, 2.75) is 77.8 Å². The molecule has 0 heterocycles. The van der Waals surface area contributed by atoms with Crippen LogP contribution in [0.1, 0.15) is 55.4 Å². The summed E-state index contributed by atoms with van der Waals surface area (Å²) in [6, 6.07) is 0. The third-order valence-corrected chi connectivity index (χ3v) is 1.41. The Hall–Kier alpha value is -1.05. The predicted octanol–water partition coefficient (Wildman–Crippen LogP) is 1.56. The van der Waals surface area contributed by atoms with Gasteiger partial charge in [0.05, 0.1) is 0 Å². The summed E-state index contributed by atoms with van der Waals surface area (Å²) in [5, 5.41) is 34.4. The van der Waals surface area contributed by atoms with Crippen molar-refractivity contribution in [2.24, 2.45) is 0 Å². The zero-order chi connectivity index (χ0) is 20.8. The Morgan fingerprint density at radius 1 is 0.440 bits per heavy atom. The van der Waals surface area contributed by atoms with Crippen molar-refractivity contribution in [3.05, 3.63) is 0 Å². The first-order valence-electron chi connectivity index (χ1n) is 7.05. The Labute approximate surface area is 173 Å². The van der Waals surface area contributed by atoms with Gasteiger partial charge >= 0.3 is 0 Å². The monoisotopic (exact) mass is 516 g/mol. The number of terminal acetylenes is 4. The van der Waals surface area contributed by atoms with E-state index in [1.165, 1.54) is 0 Å². The summed E-state index contributed by atoms with van der Waals surface area (Å²) >= 11 is 0. The van der Waals surface area contributed by atoms with Gasteiger partial charge in [-0.1, -0.05) is 23.7 Å². The fourth-order valence-corrected chi connectivity index (χ4v) is 0. The van der Waals surface area contributed by atoms with E-state index in [0.717, 1.165) is 0 Å². The van der Waals surface area contributed by atoms with Crippen molar-refractivity contribution < 1.29 is 46.3 Å². The third kappa shape index (κ3) is 84.0. The Kier molecular flexibility index (Phi) is 21.4. The van der Waals surface area contributed by atoms with Crippen molar-refractivity contribution >= 4 is 0 Å². The maximum Gasteiger partial charge on any atom is 0.119 e. The molecule has 0 amide bonds. The number of hydrogen-bond acceptors (Lipinski definition) is 4. The topological polar surface area (TPSA) is 80.9 Å². The van der Waals surface area contributed by atoms with E-state index >= 15 is 0 Å². The van der Waals surface area contributed by atoms with Crippen LogP contribution in [-0.4, -0.2) is 42.8 Å². The second-order valence-corrected chi connectivity index (χ2v) is 6.81. The average Bonchev–Trinajstić information content (AvgIpc) is 2.37. The minimum absolute atomic E-state index is 0. The summed E-state index contributed by atoms with van der Waals surface area (Å²) in [5.74, 6) is 8.64. The molecule has 0 aromatic carbocycles. The second kappa shape index (κ2) is 15.2. The predicted molar refractivity (Wildman–Crippen MR) is 101 cm³/mol. The van der Waals surface area contributed by atoms with E-state index < -0.39 is 22.4 Å². The first kappa shape index (κ1) is 35.1. The largest absolute Gasteiger partial charge is 0.378 e. The van der Waals surface area contributed by atoms with Crippen LogP contribution in [-0.2, 0) is 25.8 Å². The van der Waals surface area contributed by atoms with Gasteiger partial charge in [0.15, 0.2) is 0 Å². The molecule has 0 fully saturated rings. The van der Waals surface area contributed by atoms with Crippen molar-refractivity contribution in [2.75, 3.05) is 0 Å². The van der Waals surface area contributed by atoms with Crippen LogP contribution >= 0.6 is 0 Å². The van der Waals surface area contributed by atoms with Crippen molar-refractivity contribution in [1.82, 2.24) is 0 Å². The van der Waals surface area contributed by atoms with Gasteiger partial charge in [0.1, 0.15) is 22.4 Å². The molecule has 5 heteroatoms. The van der Waals surface area contributed by atoms with E-state index in [4.69, 9.17) is 46.1 Å². The SMILES string of the molecule is C#CC(C)(C)O.C#CC(C)(C)O.C#CC(C)(C)O.C#CC(C)(C)O.[Hf]. The molecule has 0 spiro atoms. The number of aliphatic hydroxyl groups is 4. The van der Waals surface area contributed by atoms with Crippen LogP contribution in [0.3, 0.4) is 0 Å². The van der Waals surface area contributed by atoms with Gasteiger partial charge in [0.2, 0.25) is 0 Å². The summed E-state index contributed by atoms with van der Waals surface area (Å²) in [6.07, 6.45) is 19.2. The van der Waals surface area contributed by atoms with Crippen LogP contribution < -0.4 is 0 Å². The molecule has 0 aliphatic heterocycles. The van der Waals surface area contributed by atoms with Crippen molar-refractivity contribution in [3.8, 4) is 49.4 Å². The molecule has 0 aliphatic rings. The van der Waals surface area contributed by atoms with Gasteiger partial charge < -0.3 is 20.4 Å². The number of rotatable bonds is 0. The summed E-state index contributed by atoms with van der Waals surface area (Å²) < 4.78 is 0. The fourth-order valence-electron chi connectivity index (χ4n) is 0. The molecule has 0 aromatic rings. The molecule has 0 bridgehead atoms. The minimum atomic E-state index is -0.931. The van der Waals surface area contributed by atoms with Gasteiger partial charge in [-0.25, -0.2) is 0 Å². The Morgan fingerprint density at radius 2 is 0.480 bits per heavy atom. The normalized spacial score (nSPS) is 9.92. The van der Waals surface area contributed by atoms with Crippen LogP contribution in [0.25, 0.3) is 0 Å². The molecule has 0 atom stereocenters. The Bertz CT molecular complexity index is 386. The van der Waals surface area contributed by atoms with Gasteiger partial charge in [-0.3, -0.25) is 0 Å². The molecule has 140 valence electrons. The quantitative estimate of drug-likeness (QED) is 0.292. The second-order valence-electron chi connectivity index (χ2n) is 6.81. The van der Waals surface area contributed by atoms with Crippen molar-refractivity contribution in [1.29, 1.82) is 0 Å². The van der Waals surface area contributed by atoms with Crippen LogP contribution in [0.4, 0.5) is 0 Å². The smallest absolute Gasteiger partial charge is 0.119 e. The van der Waals surface area contributed by atoms with Gasteiger partial charge in [-0.15, -0.1) is 25.7 Å².